The van der Waals surface area contributed by atoms with Crippen molar-refractivity contribution in [2.45, 2.75) is 39.3 Å². The minimum atomic E-state index is -0.332. The van der Waals surface area contributed by atoms with E-state index in [4.69, 9.17) is 4.98 Å². The Hall–Kier alpha value is -2.67. The van der Waals surface area contributed by atoms with E-state index in [1.165, 1.54) is 39.5 Å². The van der Waals surface area contributed by atoms with E-state index in [0.717, 1.165) is 37.8 Å². The minimum absolute atomic E-state index is 0.267. The molecule has 3 aromatic rings. The molecule has 154 valence electrons. The number of nitrogens with one attached hydrogen (secondary N) is 1. The van der Waals surface area contributed by atoms with Crippen molar-refractivity contribution in [3.05, 3.63) is 62.6 Å². The minimum Gasteiger partial charge on any atom is -0.329 e. The summed E-state index contributed by atoms with van der Waals surface area (Å²) in [6, 6.07) is 10.3. The zero-order valence-corrected chi connectivity index (χ0v) is 17.5. The largest absolute Gasteiger partial charge is 0.332 e. The summed E-state index contributed by atoms with van der Waals surface area (Å²) in [6.45, 7) is 6.02. The SMILES string of the molecule is CC1CC[NH+](Cc2nc3c(c(=O)n(C)c(=O)n3C)n2CCc2ccccc2)CC1. The molecule has 0 saturated carbocycles. The lowest BCUT2D eigenvalue weighted by atomic mass is 9.99. The van der Waals surface area contributed by atoms with E-state index in [2.05, 4.69) is 23.6 Å². The Balaban J connectivity index is 1.76. The van der Waals surface area contributed by atoms with Crippen LogP contribution in [0, 0.1) is 5.92 Å². The molecule has 0 atom stereocenters. The molecule has 1 fully saturated rings. The summed E-state index contributed by atoms with van der Waals surface area (Å²) in [7, 11) is 3.23. The number of imidazole rings is 1. The summed E-state index contributed by atoms with van der Waals surface area (Å²) in [6.07, 6.45) is 3.26. The van der Waals surface area contributed by atoms with Gasteiger partial charge in [0.1, 0.15) is 6.54 Å². The fraction of sp³-hybridized carbons (Fsp3) is 0.500. The number of aryl methyl sites for hydroxylation is 3. The van der Waals surface area contributed by atoms with Crippen LogP contribution in [0.25, 0.3) is 11.2 Å². The van der Waals surface area contributed by atoms with E-state index in [-0.39, 0.29) is 11.2 Å². The lowest BCUT2D eigenvalue weighted by Crippen LogP contribution is -3.11. The number of benzene rings is 1. The Morgan fingerprint density at radius 1 is 1.07 bits per heavy atom. The molecule has 4 rings (SSSR count). The Morgan fingerprint density at radius 2 is 1.76 bits per heavy atom. The topological polar surface area (TPSA) is 66.3 Å². The number of likely N-dealkylation sites (tertiary alicyclic amines) is 1. The maximum absolute atomic E-state index is 13.0. The van der Waals surface area contributed by atoms with Gasteiger partial charge in [-0.25, -0.2) is 9.78 Å². The number of hydrogen-bond acceptors (Lipinski definition) is 3. The third-order valence-corrected chi connectivity index (χ3v) is 6.28. The number of hydrogen-bond donors (Lipinski definition) is 1. The van der Waals surface area contributed by atoms with Crippen molar-refractivity contribution in [1.29, 1.82) is 0 Å². The lowest BCUT2D eigenvalue weighted by molar-refractivity contribution is -0.920. The van der Waals surface area contributed by atoms with Gasteiger partial charge in [0.05, 0.1) is 13.1 Å². The Bertz CT molecular complexity index is 1120. The van der Waals surface area contributed by atoms with Crippen molar-refractivity contribution >= 4 is 11.2 Å². The van der Waals surface area contributed by atoms with Crippen molar-refractivity contribution in [3.63, 3.8) is 0 Å². The zero-order valence-electron chi connectivity index (χ0n) is 17.5. The molecule has 0 radical (unpaired) electrons. The van der Waals surface area contributed by atoms with Crippen LogP contribution in [0.2, 0.25) is 0 Å². The maximum atomic E-state index is 13.0. The van der Waals surface area contributed by atoms with Crippen molar-refractivity contribution in [2.24, 2.45) is 20.0 Å². The number of nitrogens with zero attached hydrogens (tertiary/aromatic N) is 4. The molecule has 0 unspecified atom stereocenters. The van der Waals surface area contributed by atoms with Crippen LogP contribution in [0.1, 0.15) is 31.2 Å². The monoisotopic (exact) mass is 396 g/mol. The van der Waals surface area contributed by atoms with Crippen LogP contribution in [-0.2, 0) is 33.6 Å². The van der Waals surface area contributed by atoms with Gasteiger partial charge in [-0.05, 0) is 30.7 Å². The maximum Gasteiger partial charge on any atom is 0.332 e. The van der Waals surface area contributed by atoms with Crippen LogP contribution >= 0.6 is 0 Å². The van der Waals surface area contributed by atoms with Crippen molar-refractivity contribution in [3.8, 4) is 0 Å². The van der Waals surface area contributed by atoms with Gasteiger partial charge in [-0.1, -0.05) is 37.3 Å². The van der Waals surface area contributed by atoms with Crippen LogP contribution in [0.3, 0.4) is 0 Å². The molecule has 0 bridgehead atoms. The summed E-state index contributed by atoms with van der Waals surface area (Å²) < 4.78 is 4.73. The Labute approximate surface area is 170 Å². The van der Waals surface area contributed by atoms with Crippen LogP contribution in [-0.4, -0.2) is 31.8 Å². The van der Waals surface area contributed by atoms with Gasteiger partial charge in [-0.15, -0.1) is 0 Å². The second kappa shape index (κ2) is 7.99. The Morgan fingerprint density at radius 3 is 2.45 bits per heavy atom. The molecule has 1 N–H and O–H groups in total. The molecule has 1 saturated heterocycles. The van der Waals surface area contributed by atoms with Crippen molar-refractivity contribution in [2.75, 3.05) is 13.1 Å². The van der Waals surface area contributed by atoms with E-state index in [1.54, 1.807) is 7.05 Å². The average molecular weight is 397 g/mol. The van der Waals surface area contributed by atoms with Gasteiger partial charge in [0.25, 0.3) is 5.56 Å². The van der Waals surface area contributed by atoms with Gasteiger partial charge < -0.3 is 9.47 Å². The highest BCUT2D eigenvalue weighted by Gasteiger charge is 2.24. The smallest absolute Gasteiger partial charge is 0.329 e. The van der Waals surface area contributed by atoms with Crippen LogP contribution in [0.15, 0.2) is 39.9 Å². The van der Waals surface area contributed by atoms with Gasteiger partial charge in [0.2, 0.25) is 0 Å². The second-order valence-electron chi connectivity index (χ2n) is 8.40. The number of aromatic nitrogens is 4. The first-order chi connectivity index (χ1) is 14.0. The molecule has 0 spiro atoms. The Kier molecular flexibility index (Phi) is 5.41. The third kappa shape index (κ3) is 3.79. The standard InChI is InChI=1S/C22H29N5O2/c1-16-9-12-26(13-10-16)15-18-23-20-19(21(28)25(3)22(29)24(20)2)27(18)14-11-17-7-5-4-6-8-17/h4-8,16H,9-15H2,1-3H3/p+1. The predicted octanol–water partition coefficient (Wildman–Crippen LogP) is 0.491. The molecular weight excluding hydrogens is 366 g/mol. The quantitative estimate of drug-likeness (QED) is 0.683. The van der Waals surface area contributed by atoms with Gasteiger partial charge in [-0.2, -0.15) is 0 Å². The molecule has 7 nitrogen and oxygen atoms in total. The molecule has 0 amide bonds. The van der Waals surface area contributed by atoms with Gasteiger partial charge >= 0.3 is 5.69 Å². The molecule has 1 aromatic carbocycles. The number of piperidine rings is 1. The highest BCUT2D eigenvalue weighted by atomic mass is 16.2. The summed E-state index contributed by atoms with van der Waals surface area (Å²) in [4.78, 5) is 31.7. The summed E-state index contributed by atoms with van der Waals surface area (Å²) in [5, 5.41) is 0. The van der Waals surface area contributed by atoms with Crippen molar-refractivity contribution < 1.29 is 4.90 Å². The fourth-order valence-electron chi connectivity index (χ4n) is 4.32. The first-order valence-corrected chi connectivity index (χ1v) is 10.5. The summed E-state index contributed by atoms with van der Waals surface area (Å²) >= 11 is 0. The van der Waals surface area contributed by atoms with Gasteiger partial charge in [0.15, 0.2) is 17.0 Å². The van der Waals surface area contributed by atoms with E-state index < -0.39 is 0 Å². The van der Waals surface area contributed by atoms with Gasteiger partial charge in [0, 0.05) is 20.6 Å². The van der Waals surface area contributed by atoms with E-state index in [9.17, 15) is 9.59 Å². The summed E-state index contributed by atoms with van der Waals surface area (Å²) in [5.74, 6) is 1.68. The molecule has 1 aliphatic rings. The highest BCUT2D eigenvalue weighted by Crippen LogP contribution is 2.14. The number of quaternary nitrogens is 1. The van der Waals surface area contributed by atoms with Crippen LogP contribution < -0.4 is 16.1 Å². The molecule has 3 heterocycles. The average Bonchev–Trinajstić information content (AvgIpc) is 3.10. The molecule has 1 aliphatic heterocycles. The molecule has 7 heteroatoms. The fourth-order valence-corrected chi connectivity index (χ4v) is 4.32. The van der Waals surface area contributed by atoms with Gasteiger partial charge in [-0.3, -0.25) is 13.9 Å². The van der Waals surface area contributed by atoms with E-state index in [0.29, 0.717) is 17.7 Å². The molecule has 29 heavy (non-hydrogen) atoms. The third-order valence-electron chi connectivity index (χ3n) is 6.28. The summed E-state index contributed by atoms with van der Waals surface area (Å²) in [5.41, 5.74) is 1.65. The van der Waals surface area contributed by atoms with Crippen LogP contribution in [0.5, 0.6) is 0 Å². The molecular formula is C22H30N5O2+. The molecule has 0 aliphatic carbocycles. The molecule has 2 aromatic heterocycles. The van der Waals surface area contributed by atoms with E-state index >= 15 is 0 Å². The normalized spacial score (nSPS) is 19.7. The number of rotatable bonds is 5. The zero-order chi connectivity index (χ0) is 20.5. The van der Waals surface area contributed by atoms with E-state index in [1.807, 2.05) is 18.2 Å². The number of fused-ring (bicyclic) bond motifs is 1. The lowest BCUT2D eigenvalue weighted by Gasteiger charge is -2.27. The first kappa shape index (κ1) is 19.6. The van der Waals surface area contributed by atoms with Crippen molar-refractivity contribution in [1.82, 2.24) is 18.7 Å². The highest BCUT2D eigenvalue weighted by molar-refractivity contribution is 5.71. The predicted molar refractivity (Wildman–Crippen MR) is 113 cm³/mol. The van der Waals surface area contributed by atoms with Crippen LogP contribution in [0.4, 0.5) is 0 Å². The second-order valence-corrected chi connectivity index (χ2v) is 8.40. The first-order valence-electron chi connectivity index (χ1n) is 10.5.